The number of imide groups is 1. The van der Waals surface area contributed by atoms with Crippen LogP contribution in [0.4, 0.5) is 17.1 Å². The molecule has 4 rings (SSSR count). The fraction of sp³-hybridized carbons (Fsp3) is 0.233. The van der Waals surface area contributed by atoms with E-state index in [4.69, 9.17) is 0 Å². The summed E-state index contributed by atoms with van der Waals surface area (Å²) in [5.41, 5.74) is 3.37. The number of para-hydroxylation sites is 1. The summed E-state index contributed by atoms with van der Waals surface area (Å²) in [6.45, 7) is 8.24. The van der Waals surface area contributed by atoms with Gasteiger partial charge in [0.1, 0.15) is 10.6 Å². The van der Waals surface area contributed by atoms with E-state index in [0.29, 0.717) is 28.6 Å². The maximum absolute atomic E-state index is 13.5. The topological polar surface area (TPSA) is 78.5 Å². The van der Waals surface area contributed by atoms with Crippen LogP contribution in [0.1, 0.15) is 45.6 Å². The number of hydrogen-bond donors (Lipinski definition) is 2. The minimum atomic E-state index is -0.399. The monoisotopic (exact) mass is 513 g/mol. The van der Waals surface area contributed by atoms with Crippen LogP contribution in [-0.2, 0) is 14.4 Å². The summed E-state index contributed by atoms with van der Waals surface area (Å²) in [4.78, 5) is 41.4. The number of amides is 3. The second-order valence-corrected chi connectivity index (χ2v) is 10.7. The molecule has 1 aliphatic heterocycles. The van der Waals surface area contributed by atoms with Gasteiger partial charge in [0, 0.05) is 22.7 Å². The summed E-state index contributed by atoms with van der Waals surface area (Å²) in [5.74, 6) is -0.155. The molecule has 0 saturated heterocycles. The van der Waals surface area contributed by atoms with Gasteiger partial charge in [-0.1, -0.05) is 69.8 Å². The summed E-state index contributed by atoms with van der Waals surface area (Å²) in [5, 5.41) is 6.09. The Labute approximate surface area is 222 Å². The molecule has 2 N–H and O–H groups in total. The van der Waals surface area contributed by atoms with E-state index < -0.39 is 5.91 Å². The van der Waals surface area contributed by atoms with Crippen LogP contribution in [0.25, 0.3) is 0 Å². The molecule has 1 aliphatic rings. The number of benzene rings is 3. The molecule has 1 heterocycles. The number of anilines is 3. The van der Waals surface area contributed by atoms with Crippen LogP contribution in [0.3, 0.4) is 0 Å². The van der Waals surface area contributed by atoms with Crippen molar-refractivity contribution in [3.63, 3.8) is 0 Å². The Morgan fingerprint density at radius 3 is 2.03 bits per heavy atom. The van der Waals surface area contributed by atoms with E-state index in [2.05, 4.69) is 24.5 Å². The normalized spacial score (nSPS) is 13.6. The third-order valence-electron chi connectivity index (χ3n) is 5.85. The minimum Gasteiger partial charge on any atom is -0.350 e. The van der Waals surface area contributed by atoms with E-state index in [9.17, 15) is 14.4 Å². The first-order valence-corrected chi connectivity index (χ1v) is 13.2. The van der Waals surface area contributed by atoms with Gasteiger partial charge in [-0.15, -0.1) is 0 Å². The van der Waals surface area contributed by atoms with E-state index in [1.807, 2.05) is 56.3 Å². The first-order chi connectivity index (χ1) is 17.7. The molecule has 3 aromatic rings. The molecule has 0 saturated carbocycles. The zero-order valence-electron chi connectivity index (χ0n) is 21.4. The van der Waals surface area contributed by atoms with Crippen LogP contribution >= 0.6 is 11.8 Å². The highest BCUT2D eigenvalue weighted by atomic mass is 32.2. The first-order valence-electron chi connectivity index (χ1n) is 12.4. The Balaban J connectivity index is 1.61. The Morgan fingerprint density at radius 1 is 0.811 bits per heavy atom. The van der Waals surface area contributed by atoms with Gasteiger partial charge < -0.3 is 10.6 Å². The molecular weight excluding hydrogens is 482 g/mol. The van der Waals surface area contributed by atoms with Gasteiger partial charge in [-0.05, 0) is 65.9 Å². The maximum Gasteiger partial charge on any atom is 0.283 e. The summed E-state index contributed by atoms with van der Waals surface area (Å²) in [6.07, 6.45) is 0.447. The van der Waals surface area contributed by atoms with E-state index >= 15 is 0 Å². The predicted molar refractivity (Wildman–Crippen MR) is 150 cm³/mol. The lowest BCUT2D eigenvalue weighted by Gasteiger charge is -2.15. The molecule has 0 unspecified atom stereocenters. The van der Waals surface area contributed by atoms with Gasteiger partial charge >= 0.3 is 0 Å². The van der Waals surface area contributed by atoms with E-state index in [0.717, 1.165) is 10.6 Å². The molecule has 0 bridgehead atoms. The molecule has 0 atom stereocenters. The van der Waals surface area contributed by atoms with Crippen LogP contribution < -0.4 is 15.5 Å². The Bertz CT molecular complexity index is 1310. The quantitative estimate of drug-likeness (QED) is 0.308. The zero-order chi connectivity index (χ0) is 26.5. The van der Waals surface area contributed by atoms with Crippen molar-refractivity contribution in [2.45, 2.75) is 44.9 Å². The van der Waals surface area contributed by atoms with Crippen molar-refractivity contribution in [1.82, 2.24) is 0 Å². The lowest BCUT2D eigenvalue weighted by atomic mass is 10.0. The van der Waals surface area contributed by atoms with E-state index in [-0.39, 0.29) is 23.4 Å². The van der Waals surface area contributed by atoms with Gasteiger partial charge in [0.2, 0.25) is 5.91 Å². The highest BCUT2D eigenvalue weighted by Crippen LogP contribution is 2.38. The van der Waals surface area contributed by atoms with E-state index in [1.165, 1.54) is 22.2 Å². The molecule has 0 aliphatic carbocycles. The largest absolute Gasteiger partial charge is 0.350 e. The van der Waals surface area contributed by atoms with E-state index in [1.54, 1.807) is 36.4 Å². The number of carbonyl (C=O) groups is 3. The molecule has 190 valence electrons. The average Bonchev–Trinajstić information content (AvgIpc) is 3.09. The van der Waals surface area contributed by atoms with Crippen molar-refractivity contribution in [2.24, 2.45) is 5.92 Å². The van der Waals surface area contributed by atoms with Crippen LogP contribution in [0.2, 0.25) is 0 Å². The molecular formula is C30H31N3O3S. The first kappa shape index (κ1) is 26.2. The summed E-state index contributed by atoms with van der Waals surface area (Å²) in [7, 11) is 0. The standard InChI is InChI=1S/C30H31N3O3S/c1-19(2)18-26(34)31-22-14-16-25(17-15-22)37-28-27(32-23-12-10-21(11-13-23)20(3)4)29(35)33(30(28)36)24-8-6-5-7-9-24/h5-17,19-20,32H,18H2,1-4H3,(H,31,34). The molecule has 6 nitrogen and oxygen atoms in total. The maximum atomic E-state index is 13.5. The number of thioether (sulfide) groups is 1. The van der Waals surface area contributed by atoms with Gasteiger partial charge in [0.25, 0.3) is 11.8 Å². The SMILES string of the molecule is CC(C)CC(=O)Nc1ccc(SC2=C(Nc3ccc(C(C)C)cc3)C(=O)N(c3ccccc3)C2=O)cc1. The lowest BCUT2D eigenvalue weighted by molar-refractivity contribution is -0.120. The van der Waals surface area contributed by atoms with Crippen molar-refractivity contribution in [3.05, 3.63) is 95.0 Å². The van der Waals surface area contributed by atoms with Gasteiger partial charge in [-0.3, -0.25) is 14.4 Å². The predicted octanol–water partition coefficient (Wildman–Crippen LogP) is 6.78. The highest BCUT2D eigenvalue weighted by Gasteiger charge is 2.40. The number of nitrogens with one attached hydrogen (secondary N) is 2. The Hall–Kier alpha value is -3.84. The molecule has 0 fully saturated rings. The lowest BCUT2D eigenvalue weighted by Crippen LogP contribution is -2.32. The molecule has 0 radical (unpaired) electrons. The molecule has 37 heavy (non-hydrogen) atoms. The fourth-order valence-corrected chi connectivity index (χ4v) is 4.86. The van der Waals surface area contributed by atoms with Crippen LogP contribution in [0.5, 0.6) is 0 Å². The molecule has 0 spiro atoms. The third-order valence-corrected chi connectivity index (χ3v) is 6.94. The van der Waals surface area contributed by atoms with Crippen molar-refractivity contribution in [1.29, 1.82) is 0 Å². The van der Waals surface area contributed by atoms with Gasteiger partial charge in [0.05, 0.1) is 5.69 Å². The summed E-state index contributed by atoms with van der Waals surface area (Å²) >= 11 is 1.23. The molecule has 0 aromatic heterocycles. The molecule has 3 amide bonds. The van der Waals surface area contributed by atoms with Crippen molar-refractivity contribution in [3.8, 4) is 0 Å². The van der Waals surface area contributed by atoms with Gasteiger partial charge in [-0.25, -0.2) is 4.90 Å². The zero-order valence-corrected chi connectivity index (χ0v) is 22.3. The fourth-order valence-electron chi connectivity index (χ4n) is 3.93. The van der Waals surface area contributed by atoms with Crippen LogP contribution in [-0.4, -0.2) is 17.7 Å². The van der Waals surface area contributed by atoms with Gasteiger partial charge in [-0.2, -0.15) is 0 Å². The molecule has 3 aromatic carbocycles. The molecule has 7 heteroatoms. The number of hydrogen-bond acceptors (Lipinski definition) is 5. The van der Waals surface area contributed by atoms with Gasteiger partial charge in [0.15, 0.2) is 0 Å². The number of rotatable bonds is 9. The number of carbonyl (C=O) groups excluding carboxylic acids is 3. The average molecular weight is 514 g/mol. The Kier molecular flexibility index (Phi) is 8.14. The van der Waals surface area contributed by atoms with Crippen LogP contribution in [0, 0.1) is 5.92 Å². The Morgan fingerprint density at radius 2 is 1.43 bits per heavy atom. The smallest absolute Gasteiger partial charge is 0.283 e. The summed E-state index contributed by atoms with van der Waals surface area (Å²) < 4.78 is 0. The second kappa shape index (κ2) is 11.5. The van der Waals surface area contributed by atoms with Crippen molar-refractivity contribution < 1.29 is 14.4 Å². The highest BCUT2D eigenvalue weighted by molar-refractivity contribution is 8.04. The summed E-state index contributed by atoms with van der Waals surface area (Å²) in [6, 6.07) is 24.1. The minimum absolute atomic E-state index is 0.0387. The van der Waals surface area contributed by atoms with Crippen LogP contribution in [0.15, 0.2) is 94.4 Å². The number of nitrogens with zero attached hydrogens (tertiary/aromatic N) is 1. The third kappa shape index (κ3) is 6.30. The van der Waals surface area contributed by atoms with Crippen molar-refractivity contribution in [2.75, 3.05) is 15.5 Å². The van der Waals surface area contributed by atoms with Crippen molar-refractivity contribution >= 4 is 46.5 Å². The second-order valence-electron chi connectivity index (χ2n) is 9.66.